The first-order chi connectivity index (χ1) is 16.8. The van der Waals surface area contributed by atoms with Crippen LogP contribution in [0.15, 0.2) is 78.9 Å². The van der Waals surface area contributed by atoms with Crippen LogP contribution in [0.4, 0.5) is 9.18 Å². The molecule has 4 rings (SSSR count). The van der Waals surface area contributed by atoms with E-state index >= 15 is 0 Å². The summed E-state index contributed by atoms with van der Waals surface area (Å²) in [4.78, 5) is 38.0. The molecule has 3 amide bonds. The summed E-state index contributed by atoms with van der Waals surface area (Å²) in [6, 6.07) is 20.8. The fourth-order valence-corrected chi connectivity index (χ4v) is 3.52. The predicted molar refractivity (Wildman–Crippen MR) is 127 cm³/mol. The summed E-state index contributed by atoms with van der Waals surface area (Å²) in [7, 11) is 0. The van der Waals surface area contributed by atoms with E-state index in [9.17, 15) is 23.9 Å². The molecule has 1 aromatic heterocycles. The van der Waals surface area contributed by atoms with Gasteiger partial charge in [0.2, 0.25) is 0 Å². The van der Waals surface area contributed by atoms with Crippen LogP contribution < -0.4 is 16.3 Å². The van der Waals surface area contributed by atoms with Gasteiger partial charge in [0, 0.05) is 16.7 Å². The number of rotatable bonds is 5. The van der Waals surface area contributed by atoms with Gasteiger partial charge in [-0.05, 0) is 48.9 Å². The molecule has 0 atom stereocenters. The van der Waals surface area contributed by atoms with Crippen LogP contribution >= 0.6 is 0 Å². The number of benzene rings is 3. The van der Waals surface area contributed by atoms with Gasteiger partial charge in [-0.15, -0.1) is 0 Å². The number of carboxylic acid groups (broad SMARTS) is 1. The van der Waals surface area contributed by atoms with E-state index in [0.29, 0.717) is 22.3 Å². The van der Waals surface area contributed by atoms with Crippen molar-refractivity contribution in [2.45, 2.75) is 6.92 Å². The van der Waals surface area contributed by atoms with Gasteiger partial charge in [0.05, 0.1) is 0 Å². The maximum Gasteiger partial charge on any atom is 0.425 e. The van der Waals surface area contributed by atoms with Gasteiger partial charge < -0.3 is 5.11 Å². The monoisotopic (exact) mass is 473 g/mol. The zero-order valence-electron chi connectivity index (χ0n) is 18.4. The lowest BCUT2D eigenvalue weighted by Crippen LogP contribution is -2.43. The number of amides is 3. The van der Waals surface area contributed by atoms with E-state index < -0.39 is 23.7 Å². The molecule has 0 aliphatic carbocycles. The molecule has 3 aromatic carbocycles. The minimum atomic E-state index is -1.46. The zero-order valence-corrected chi connectivity index (χ0v) is 18.4. The number of carbonyl (C=O) groups is 3. The molecule has 0 saturated heterocycles. The third kappa shape index (κ3) is 5.17. The number of hydrogen-bond acceptors (Lipinski definition) is 4. The third-order valence-electron chi connectivity index (χ3n) is 5.05. The first kappa shape index (κ1) is 23.2. The van der Waals surface area contributed by atoms with Crippen LogP contribution in [-0.2, 0) is 0 Å². The Morgan fingerprint density at radius 3 is 2.20 bits per heavy atom. The van der Waals surface area contributed by atoms with Crippen molar-refractivity contribution in [3.63, 3.8) is 0 Å². The number of hydrogen-bond donors (Lipinski definition) is 4. The fraction of sp³-hybridized carbons (Fsp3) is 0.0400. The molecule has 0 saturated carbocycles. The molecule has 35 heavy (non-hydrogen) atoms. The molecule has 0 aliphatic heterocycles. The normalized spacial score (nSPS) is 10.5. The highest BCUT2D eigenvalue weighted by Gasteiger charge is 2.27. The van der Waals surface area contributed by atoms with Gasteiger partial charge in [0.1, 0.15) is 11.5 Å². The van der Waals surface area contributed by atoms with Crippen molar-refractivity contribution in [3.05, 3.63) is 102 Å². The number of aryl methyl sites for hydroxylation is 1. The Bertz CT molecular complexity index is 1400. The summed E-state index contributed by atoms with van der Waals surface area (Å²) in [6.45, 7) is 1.86. The summed E-state index contributed by atoms with van der Waals surface area (Å²) >= 11 is 0. The lowest BCUT2D eigenvalue weighted by atomic mass is 9.97. The highest BCUT2D eigenvalue weighted by atomic mass is 19.1. The quantitative estimate of drug-likeness (QED) is 0.327. The van der Waals surface area contributed by atoms with E-state index in [1.54, 1.807) is 48.5 Å². The van der Waals surface area contributed by atoms with Gasteiger partial charge in [0.25, 0.3) is 11.8 Å². The fourth-order valence-electron chi connectivity index (χ4n) is 3.52. The highest BCUT2D eigenvalue weighted by molar-refractivity contribution is 6.05. The molecular weight excluding hydrogens is 453 g/mol. The van der Waals surface area contributed by atoms with E-state index in [2.05, 4.69) is 21.4 Å². The van der Waals surface area contributed by atoms with Crippen LogP contribution in [0.3, 0.4) is 0 Å². The molecule has 0 aliphatic rings. The van der Waals surface area contributed by atoms with Crippen molar-refractivity contribution in [1.29, 1.82) is 0 Å². The van der Waals surface area contributed by atoms with Crippen molar-refractivity contribution in [2.24, 2.45) is 0 Å². The maximum absolute atomic E-state index is 13.6. The number of halogens is 1. The second kappa shape index (κ2) is 9.87. The SMILES string of the molecule is Cc1cccc(-c2c(-c3ccc(F)cc3)nn(NC(=O)O)c2C(=O)NNC(=O)c2ccccc2)c1. The van der Waals surface area contributed by atoms with Gasteiger partial charge in [-0.3, -0.25) is 20.4 Å². The number of aromatic nitrogens is 2. The number of carbonyl (C=O) groups excluding carboxylic acids is 2. The summed E-state index contributed by atoms with van der Waals surface area (Å²) in [6.07, 6.45) is -1.46. The molecule has 176 valence electrons. The Balaban J connectivity index is 1.81. The van der Waals surface area contributed by atoms with E-state index in [4.69, 9.17) is 0 Å². The highest BCUT2D eigenvalue weighted by Crippen LogP contribution is 2.35. The summed E-state index contributed by atoms with van der Waals surface area (Å²) < 4.78 is 13.6. The van der Waals surface area contributed by atoms with Crippen LogP contribution in [0, 0.1) is 12.7 Å². The largest absolute Gasteiger partial charge is 0.464 e. The summed E-state index contributed by atoms with van der Waals surface area (Å²) in [5, 5.41) is 13.6. The van der Waals surface area contributed by atoms with E-state index in [1.807, 2.05) is 13.0 Å². The van der Waals surface area contributed by atoms with E-state index in [-0.39, 0.29) is 11.4 Å². The molecule has 0 fully saturated rings. The Morgan fingerprint density at radius 2 is 1.54 bits per heavy atom. The van der Waals surface area contributed by atoms with Gasteiger partial charge in [0.15, 0.2) is 5.69 Å². The van der Waals surface area contributed by atoms with Crippen molar-refractivity contribution in [2.75, 3.05) is 5.43 Å². The molecule has 0 bridgehead atoms. The maximum atomic E-state index is 13.6. The zero-order chi connectivity index (χ0) is 24.9. The Kier molecular flexibility index (Phi) is 6.54. The van der Waals surface area contributed by atoms with Crippen molar-refractivity contribution >= 4 is 17.9 Å². The molecule has 0 spiro atoms. The second-order valence-corrected chi connectivity index (χ2v) is 7.55. The minimum absolute atomic E-state index is 0.175. The predicted octanol–water partition coefficient (Wildman–Crippen LogP) is 3.96. The molecule has 1 heterocycles. The van der Waals surface area contributed by atoms with Crippen LogP contribution in [-0.4, -0.2) is 32.9 Å². The average Bonchev–Trinajstić information content (AvgIpc) is 3.21. The molecule has 4 N–H and O–H groups in total. The average molecular weight is 473 g/mol. The Labute approximate surface area is 199 Å². The van der Waals surface area contributed by atoms with Crippen LogP contribution in [0.5, 0.6) is 0 Å². The van der Waals surface area contributed by atoms with Gasteiger partial charge in [-0.2, -0.15) is 9.89 Å². The first-order valence-corrected chi connectivity index (χ1v) is 10.4. The summed E-state index contributed by atoms with van der Waals surface area (Å²) in [5.41, 5.74) is 9.29. The molecule has 10 heteroatoms. The van der Waals surface area contributed by atoms with Gasteiger partial charge in [-0.25, -0.2) is 14.6 Å². The minimum Gasteiger partial charge on any atom is -0.464 e. The Morgan fingerprint density at radius 1 is 0.857 bits per heavy atom. The van der Waals surface area contributed by atoms with Crippen LogP contribution in [0.1, 0.15) is 26.4 Å². The number of nitrogens with zero attached hydrogens (tertiary/aromatic N) is 2. The van der Waals surface area contributed by atoms with E-state index in [1.165, 1.54) is 24.3 Å². The second-order valence-electron chi connectivity index (χ2n) is 7.55. The number of nitrogens with one attached hydrogen (secondary N) is 3. The smallest absolute Gasteiger partial charge is 0.425 e. The summed E-state index contributed by atoms with van der Waals surface area (Å²) in [5.74, 6) is -1.84. The third-order valence-corrected chi connectivity index (χ3v) is 5.05. The van der Waals surface area contributed by atoms with Crippen molar-refractivity contribution in [3.8, 4) is 22.4 Å². The molecule has 0 unspecified atom stereocenters. The Hall–Kier alpha value is -4.99. The lowest BCUT2D eigenvalue weighted by Gasteiger charge is -2.11. The van der Waals surface area contributed by atoms with Crippen LogP contribution in [0.2, 0.25) is 0 Å². The van der Waals surface area contributed by atoms with E-state index in [0.717, 1.165) is 10.4 Å². The van der Waals surface area contributed by atoms with Gasteiger partial charge >= 0.3 is 6.09 Å². The first-order valence-electron chi connectivity index (χ1n) is 10.4. The van der Waals surface area contributed by atoms with Crippen molar-refractivity contribution < 1.29 is 23.9 Å². The topological polar surface area (TPSA) is 125 Å². The van der Waals surface area contributed by atoms with Crippen molar-refractivity contribution in [1.82, 2.24) is 20.7 Å². The van der Waals surface area contributed by atoms with Gasteiger partial charge in [-0.1, -0.05) is 48.0 Å². The molecule has 9 nitrogen and oxygen atoms in total. The lowest BCUT2D eigenvalue weighted by molar-refractivity contribution is 0.0842. The standard InChI is InChI=1S/C25H20FN5O4/c1-15-6-5-9-18(14-15)20-21(16-10-12-19(26)13-11-16)29-31(30-25(34)35)22(20)24(33)28-27-23(32)17-7-3-2-4-8-17/h2-14,30H,1H3,(H,27,32)(H,28,33)(H,34,35). The molecule has 4 aromatic rings. The van der Waals surface area contributed by atoms with Crippen LogP contribution in [0.25, 0.3) is 22.4 Å². The number of hydrazine groups is 1. The molecular formula is C25H20FN5O4. The molecule has 0 radical (unpaired) electrons.